The predicted octanol–water partition coefficient (Wildman–Crippen LogP) is 2.31. The van der Waals surface area contributed by atoms with Crippen LogP contribution in [0.25, 0.3) is 0 Å². The van der Waals surface area contributed by atoms with Crippen LogP contribution in [0.15, 0.2) is 36.9 Å². The summed E-state index contributed by atoms with van der Waals surface area (Å²) in [5, 5.41) is 0.470. The highest BCUT2D eigenvalue weighted by Crippen LogP contribution is 2.21. The number of carbonyl (C=O) groups is 3. The molecular formula is C14H13ClO4. The molecule has 0 heterocycles. The van der Waals surface area contributed by atoms with Crippen LogP contribution in [0.3, 0.4) is 0 Å². The minimum Gasteiger partial charge on any atom is -0.460 e. The van der Waals surface area contributed by atoms with Crippen molar-refractivity contribution in [3.63, 3.8) is 0 Å². The van der Waals surface area contributed by atoms with Crippen LogP contribution in [0.2, 0.25) is 5.02 Å². The van der Waals surface area contributed by atoms with Gasteiger partial charge in [-0.05, 0) is 30.7 Å². The average molecular weight is 281 g/mol. The number of benzene rings is 1. The first-order chi connectivity index (χ1) is 9.01. The van der Waals surface area contributed by atoms with E-state index in [4.69, 9.17) is 11.6 Å². The molecule has 0 amide bonds. The van der Waals surface area contributed by atoms with E-state index in [1.807, 2.05) is 0 Å². The molecule has 0 aliphatic rings. The first kappa shape index (κ1) is 15.1. The molecule has 0 radical (unpaired) electrons. The van der Waals surface area contributed by atoms with Crippen molar-refractivity contribution in [1.82, 2.24) is 0 Å². The monoisotopic (exact) mass is 280 g/mol. The van der Waals surface area contributed by atoms with E-state index in [2.05, 4.69) is 11.3 Å². The number of ketones is 2. The number of hydrogen-bond donors (Lipinski definition) is 0. The molecule has 19 heavy (non-hydrogen) atoms. The SMILES string of the molecule is C=CC(=O)C(C(=O)C(=O)OCC)c1ccc(Cl)cc1. The largest absolute Gasteiger partial charge is 0.460 e. The predicted molar refractivity (Wildman–Crippen MR) is 71.0 cm³/mol. The Kier molecular flexibility index (Phi) is 5.45. The molecule has 1 aromatic rings. The molecule has 0 spiro atoms. The topological polar surface area (TPSA) is 60.4 Å². The van der Waals surface area contributed by atoms with Crippen LogP contribution in [0, 0.1) is 0 Å². The minimum absolute atomic E-state index is 0.0696. The lowest BCUT2D eigenvalue weighted by molar-refractivity contribution is -0.155. The molecule has 0 aliphatic heterocycles. The van der Waals surface area contributed by atoms with Crippen molar-refractivity contribution >= 4 is 29.1 Å². The van der Waals surface area contributed by atoms with Gasteiger partial charge in [-0.25, -0.2) is 4.79 Å². The van der Waals surface area contributed by atoms with Crippen LogP contribution in [0.1, 0.15) is 18.4 Å². The average Bonchev–Trinajstić information content (AvgIpc) is 2.41. The van der Waals surface area contributed by atoms with E-state index in [1.165, 1.54) is 12.1 Å². The molecule has 1 unspecified atom stereocenters. The molecule has 1 rings (SSSR count). The van der Waals surface area contributed by atoms with Gasteiger partial charge in [0.05, 0.1) is 6.61 Å². The van der Waals surface area contributed by atoms with Gasteiger partial charge in [0, 0.05) is 5.02 Å². The molecule has 100 valence electrons. The highest BCUT2D eigenvalue weighted by Gasteiger charge is 2.32. The summed E-state index contributed by atoms with van der Waals surface area (Å²) >= 11 is 5.74. The molecule has 0 saturated carbocycles. The third-order valence-electron chi connectivity index (χ3n) is 2.43. The van der Waals surface area contributed by atoms with Crippen molar-refractivity contribution in [3.05, 3.63) is 47.5 Å². The van der Waals surface area contributed by atoms with Gasteiger partial charge < -0.3 is 4.74 Å². The van der Waals surface area contributed by atoms with E-state index in [0.717, 1.165) is 6.08 Å². The first-order valence-electron chi connectivity index (χ1n) is 5.64. The molecule has 1 atom stereocenters. The van der Waals surface area contributed by atoms with E-state index in [-0.39, 0.29) is 6.61 Å². The van der Waals surface area contributed by atoms with Gasteiger partial charge in [-0.1, -0.05) is 30.3 Å². The summed E-state index contributed by atoms with van der Waals surface area (Å²) in [6.45, 7) is 4.98. The zero-order valence-corrected chi connectivity index (χ0v) is 11.1. The Labute approximate surface area is 116 Å². The zero-order valence-electron chi connectivity index (χ0n) is 10.4. The van der Waals surface area contributed by atoms with Gasteiger partial charge in [0.2, 0.25) is 0 Å². The third-order valence-corrected chi connectivity index (χ3v) is 2.68. The van der Waals surface area contributed by atoms with E-state index in [0.29, 0.717) is 10.6 Å². The molecule has 0 saturated heterocycles. The fourth-order valence-corrected chi connectivity index (χ4v) is 1.66. The summed E-state index contributed by atoms with van der Waals surface area (Å²) in [7, 11) is 0. The molecule has 0 bridgehead atoms. The van der Waals surface area contributed by atoms with E-state index in [1.54, 1.807) is 19.1 Å². The molecular weight excluding hydrogens is 268 g/mol. The second-order valence-electron chi connectivity index (χ2n) is 3.68. The van der Waals surface area contributed by atoms with Gasteiger partial charge >= 0.3 is 5.97 Å². The molecule has 0 aromatic heterocycles. The van der Waals surface area contributed by atoms with Crippen LogP contribution in [-0.4, -0.2) is 24.1 Å². The molecule has 1 aromatic carbocycles. The second kappa shape index (κ2) is 6.85. The Morgan fingerprint density at radius 3 is 2.37 bits per heavy atom. The third kappa shape index (κ3) is 3.76. The summed E-state index contributed by atoms with van der Waals surface area (Å²) in [6, 6.07) is 6.12. The lowest BCUT2D eigenvalue weighted by atomic mass is 9.90. The number of carbonyl (C=O) groups excluding carboxylic acids is 3. The standard InChI is InChI=1S/C14H13ClO4/c1-3-11(16)12(13(17)14(18)19-4-2)9-5-7-10(15)8-6-9/h3,5-8,12H,1,4H2,2H3. The van der Waals surface area contributed by atoms with Crippen LogP contribution in [0.5, 0.6) is 0 Å². The summed E-state index contributed by atoms with van der Waals surface area (Å²) in [5.74, 6) is -3.72. The Morgan fingerprint density at radius 2 is 1.89 bits per heavy atom. The second-order valence-corrected chi connectivity index (χ2v) is 4.11. The van der Waals surface area contributed by atoms with Crippen molar-refractivity contribution in [2.75, 3.05) is 6.61 Å². The maximum Gasteiger partial charge on any atom is 0.375 e. The van der Waals surface area contributed by atoms with Gasteiger partial charge in [-0.15, -0.1) is 0 Å². The Bertz CT molecular complexity index is 505. The number of ether oxygens (including phenoxy) is 1. The normalized spacial score (nSPS) is 11.5. The quantitative estimate of drug-likeness (QED) is 0.347. The first-order valence-corrected chi connectivity index (χ1v) is 6.01. The van der Waals surface area contributed by atoms with E-state index < -0.39 is 23.5 Å². The maximum atomic E-state index is 11.9. The van der Waals surface area contributed by atoms with E-state index >= 15 is 0 Å². The number of esters is 1. The van der Waals surface area contributed by atoms with Crippen molar-refractivity contribution < 1.29 is 19.1 Å². The fraction of sp³-hybridized carbons (Fsp3) is 0.214. The molecule has 0 aliphatic carbocycles. The van der Waals surface area contributed by atoms with Crippen molar-refractivity contribution in [3.8, 4) is 0 Å². The van der Waals surface area contributed by atoms with Crippen LogP contribution in [0.4, 0.5) is 0 Å². The lowest BCUT2D eigenvalue weighted by Gasteiger charge is -2.12. The van der Waals surface area contributed by atoms with Crippen LogP contribution in [-0.2, 0) is 19.1 Å². The van der Waals surface area contributed by atoms with Gasteiger partial charge in [0.25, 0.3) is 5.78 Å². The summed E-state index contributed by atoms with van der Waals surface area (Å²) in [6.07, 6.45) is 1.01. The van der Waals surface area contributed by atoms with Gasteiger partial charge in [-0.3, -0.25) is 9.59 Å². The van der Waals surface area contributed by atoms with Crippen molar-refractivity contribution in [2.24, 2.45) is 0 Å². The van der Waals surface area contributed by atoms with Gasteiger partial charge in [0.1, 0.15) is 5.92 Å². The van der Waals surface area contributed by atoms with Gasteiger partial charge in [0.15, 0.2) is 5.78 Å². The zero-order chi connectivity index (χ0) is 14.4. The Morgan fingerprint density at radius 1 is 1.32 bits per heavy atom. The molecule has 5 heteroatoms. The minimum atomic E-state index is -1.23. The van der Waals surface area contributed by atoms with Crippen LogP contribution < -0.4 is 0 Å². The summed E-state index contributed by atoms with van der Waals surface area (Å²) in [5.41, 5.74) is 0.382. The molecule has 0 fully saturated rings. The summed E-state index contributed by atoms with van der Waals surface area (Å²) < 4.78 is 4.62. The molecule has 4 nitrogen and oxygen atoms in total. The number of allylic oxidation sites excluding steroid dienone is 1. The highest BCUT2D eigenvalue weighted by molar-refractivity contribution is 6.41. The number of halogens is 1. The van der Waals surface area contributed by atoms with E-state index in [9.17, 15) is 14.4 Å². The number of rotatable bonds is 6. The Hall–Kier alpha value is -1.94. The van der Waals surface area contributed by atoms with Crippen molar-refractivity contribution in [2.45, 2.75) is 12.8 Å². The van der Waals surface area contributed by atoms with Gasteiger partial charge in [-0.2, -0.15) is 0 Å². The van der Waals surface area contributed by atoms with Crippen LogP contribution >= 0.6 is 11.6 Å². The number of hydrogen-bond acceptors (Lipinski definition) is 4. The fourth-order valence-electron chi connectivity index (χ4n) is 1.54. The Balaban J connectivity index is 3.11. The summed E-state index contributed by atoms with van der Waals surface area (Å²) in [4.78, 5) is 35.2. The molecule has 0 N–H and O–H groups in total. The highest BCUT2D eigenvalue weighted by atomic mass is 35.5. The van der Waals surface area contributed by atoms with Crippen molar-refractivity contribution in [1.29, 1.82) is 0 Å². The lowest BCUT2D eigenvalue weighted by Crippen LogP contribution is -2.29. The maximum absolute atomic E-state index is 11.9. The smallest absolute Gasteiger partial charge is 0.375 e. The number of Topliss-reactive ketones (excluding diaryl/α,β-unsaturated/α-hetero) is 1.